The predicted molar refractivity (Wildman–Crippen MR) is 340 cm³/mol. The van der Waals surface area contributed by atoms with Crippen molar-refractivity contribution < 1.29 is 105 Å². The van der Waals surface area contributed by atoms with Gasteiger partial charge in [-0.1, -0.05) is 170 Å². The lowest BCUT2D eigenvalue weighted by atomic mass is 9.95. The average Bonchev–Trinajstić information content (AvgIpc) is 0.769. The first-order valence-electron chi connectivity index (χ1n) is 31.2. The van der Waals surface area contributed by atoms with Gasteiger partial charge in [0.1, 0.15) is 55.9 Å². The summed E-state index contributed by atoms with van der Waals surface area (Å²) in [5, 5.41) is 0. The van der Waals surface area contributed by atoms with Gasteiger partial charge in [-0.2, -0.15) is 0 Å². The number of hydrogen-bond acceptors (Lipinski definition) is 22. The third kappa shape index (κ3) is 18.7. The molecule has 7 aromatic rings. The first kappa shape index (κ1) is 69.4. The van der Waals surface area contributed by atoms with Crippen molar-refractivity contribution in [2.24, 2.45) is 0 Å². The molecule has 3 aliphatic heterocycles. The van der Waals surface area contributed by atoms with Gasteiger partial charge in [0.25, 0.3) is 0 Å². The molecular weight excluding hydrogens is 1240 g/mol. The van der Waals surface area contributed by atoms with E-state index < -0.39 is 141 Å². The number of esters is 5. The van der Waals surface area contributed by atoms with E-state index in [-0.39, 0.29) is 48.7 Å². The summed E-state index contributed by atoms with van der Waals surface area (Å²) < 4.78 is 103. The van der Waals surface area contributed by atoms with Gasteiger partial charge in [0.2, 0.25) is 0 Å². The Balaban J connectivity index is 1.08. The monoisotopic (exact) mass is 1310 g/mol. The molecule has 22 heteroatoms. The molecular formula is C74H74O22. The van der Waals surface area contributed by atoms with E-state index in [0.29, 0.717) is 5.56 Å². The summed E-state index contributed by atoms with van der Waals surface area (Å²) in [4.78, 5) is 84.3. The zero-order chi connectivity index (χ0) is 67.2. The van der Waals surface area contributed by atoms with Gasteiger partial charge in [-0.25, -0.2) is 24.0 Å². The molecule has 0 bridgehead atoms. The summed E-state index contributed by atoms with van der Waals surface area (Å²) in [6, 6.07) is 59.5. The third-order valence-electron chi connectivity index (χ3n) is 15.7. The number of ether oxygens (including phenoxy) is 16. The van der Waals surface area contributed by atoms with E-state index in [9.17, 15) is 28.8 Å². The molecule has 502 valence electrons. The average molecular weight is 1320 g/mol. The van der Waals surface area contributed by atoms with Gasteiger partial charge in [0, 0.05) is 6.92 Å². The van der Waals surface area contributed by atoms with Crippen molar-refractivity contribution in [1.29, 1.82) is 0 Å². The number of carbonyl (C=O) groups is 6. The normalized spacial score (nSPS) is 25.4. The summed E-state index contributed by atoms with van der Waals surface area (Å²) in [6.07, 6.45) is -22.0. The standard InChI is InChI=1S/C74H74O22/c1-5-41-82-71-64(85-44-51-31-17-8-18-32-51)62(84-43-50-29-15-7-16-30-50)59(57(90-71)46-87-74(80)81-4)96-72-65(89-48(3)75)61(83-42-49-27-13-6-14-28-49)58(47(2)88-72)95-73-66(94-70(79)55-39-25-12-26-40-55)63(93-69(78)54-37-23-11-24-38-54)60(92-68(77)53-35-21-10-22-36-53)56(91-73)45-86-67(76)52-33-19-9-20-34-52/h5-40,47,56-66,71-73H,1,41-46H2,2-4H3/t47-,56+,57+,58-,59-,60-,61+,62-,63-,64+,65+,66+,71+,72-,73-/m0/s1. The molecule has 3 fully saturated rings. The smallest absolute Gasteiger partial charge is 0.459 e. The summed E-state index contributed by atoms with van der Waals surface area (Å²) in [5.74, 6) is -4.45. The van der Waals surface area contributed by atoms with Crippen molar-refractivity contribution in [1.82, 2.24) is 0 Å². The van der Waals surface area contributed by atoms with Crippen LogP contribution >= 0.6 is 0 Å². The lowest BCUT2D eigenvalue weighted by molar-refractivity contribution is -0.382. The first-order valence-corrected chi connectivity index (χ1v) is 31.2. The molecule has 0 saturated carbocycles. The van der Waals surface area contributed by atoms with E-state index in [1.165, 1.54) is 61.5 Å². The van der Waals surface area contributed by atoms with Gasteiger partial charge in [0.05, 0.1) is 61.9 Å². The van der Waals surface area contributed by atoms with E-state index in [1.807, 2.05) is 66.7 Å². The minimum absolute atomic E-state index is 0.0106. The largest absolute Gasteiger partial charge is 0.508 e. The fourth-order valence-electron chi connectivity index (χ4n) is 11.1. The van der Waals surface area contributed by atoms with Gasteiger partial charge in [-0.3, -0.25) is 4.79 Å². The highest BCUT2D eigenvalue weighted by atomic mass is 16.8. The Morgan fingerprint density at radius 2 is 0.750 bits per heavy atom. The SMILES string of the molecule is C=CCO[C@@H]1O[C@H](COC(=O)OC)[C@H](O[C@@H]2O[C@@H](C)[C@H](O[C@@H]3O[C@H](COC(=O)c4ccccc4)[C@H](OC(=O)c4ccccc4)[C@H](OC(=O)c4ccccc4)[C@H]3OC(=O)c3ccccc3)[C@@H](OCc3ccccc3)[C@H]2OC(C)=O)[C@H](OCc2ccccc2)[C@H]1OCc1ccccc1. The minimum atomic E-state index is -1.90. The van der Waals surface area contributed by atoms with Crippen molar-refractivity contribution in [2.75, 3.05) is 26.9 Å². The fourth-order valence-corrected chi connectivity index (χ4v) is 11.1. The number of hydrogen-bond donors (Lipinski definition) is 0. The summed E-state index contributed by atoms with van der Waals surface area (Å²) in [6.45, 7) is 5.29. The van der Waals surface area contributed by atoms with E-state index in [0.717, 1.165) is 18.2 Å². The minimum Gasteiger partial charge on any atom is -0.459 e. The van der Waals surface area contributed by atoms with Crippen molar-refractivity contribution in [3.05, 3.63) is 264 Å². The van der Waals surface area contributed by atoms with Gasteiger partial charge in [0.15, 0.2) is 43.3 Å². The van der Waals surface area contributed by atoms with Crippen LogP contribution in [-0.2, 0) is 100 Å². The number of rotatable bonds is 28. The van der Waals surface area contributed by atoms with E-state index in [4.69, 9.17) is 75.8 Å². The summed E-state index contributed by atoms with van der Waals surface area (Å²) in [5.41, 5.74) is 2.56. The van der Waals surface area contributed by atoms with Gasteiger partial charge < -0.3 is 75.8 Å². The van der Waals surface area contributed by atoms with E-state index in [2.05, 4.69) is 6.58 Å². The van der Waals surface area contributed by atoms with Gasteiger partial charge in [-0.15, -0.1) is 6.58 Å². The maximum atomic E-state index is 14.7. The Morgan fingerprint density at radius 3 is 1.21 bits per heavy atom. The van der Waals surface area contributed by atoms with Crippen LogP contribution in [-0.4, -0.2) is 155 Å². The molecule has 0 N–H and O–H groups in total. The lowest BCUT2D eigenvalue weighted by Crippen LogP contribution is -2.68. The maximum absolute atomic E-state index is 14.7. The molecule has 3 saturated heterocycles. The quantitative estimate of drug-likeness (QED) is 0.0251. The van der Waals surface area contributed by atoms with E-state index >= 15 is 0 Å². The van der Waals surface area contributed by atoms with Crippen LogP contribution in [0.4, 0.5) is 4.79 Å². The van der Waals surface area contributed by atoms with Crippen LogP contribution in [0, 0.1) is 0 Å². The molecule has 96 heavy (non-hydrogen) atoms. The molecule has 10 rings (SSSR count). The first-order chi connectivity index (χ1) is 46.8. The second-order valence-electron chi connectivity index (χ2n) is 22.4. The Bertz CT molecular complexity index is 3590. The molecule has 15 atom stereocenters. The molecule has 22 nitrogen and oxygen atoms in total. The molecule has 7 aromatic carbocycles. The summed E-state index contributed by atoms with van der Waals surface area (Å²) >= 11 is 0. The molecule has 0 aromatic heterocycles. The van der Waals surface area contributed by atoms with Crippen LogP contribution in [0.25, 0.3) is 0 Å². The molecule has 3 aliphatic rings. The topological polar surface area (TPSA) is 250 Å². The third-order valence-corrected chi connectivity index (χ3v) is 15.7. The molecule has 3 heterocycles. The van der Waals surface area contributed by atoms with Crippen LogP contribution in [0.3, 0.4) is 0 Å². The zero-order valence-electron chi connectivity index (χ0n) is 52.9. The van der Waals surface area contributed by atoms with Gasteiger partial charge in [-0.05, 0) is 72.1 Å². The molecule has 0 unspecified atom stereocenters. The Labute approximate surface area is 555 Å². The lowest BCUT2D eigenvalue weighted by Gasteiger charge is -2.50. The number of benzene rings is 7. The van der Waals surface area contributed by atoms with Crippen LogP contribution in [0.1, 0.15) is 72.0 Å². The van der Waals surface area contributed by atoms with Crippen LogP contribution < -0.4 is 0 Å². The number of carbonyl (C=O) groups excluding carboxylic acids is 6. The van der Waals surface area contributed by atoms with Crippen molar-refractivity contribution in [3.63, 3.8) is 0 Å². The van der Waals surface area contributed by atoms with Crippen molar-refractivity contribution in [2.45, 2.75) is 126 Å². The predicted octanol–water partition coefficient (Wildman–Crippen LogP) is 10.2. The van der Waals surface area contributed by atoms with Gasteiger partial charge >= 0.3 is 36.0 Å². The molecule has 0 amide bonds. The number of methoxy groups -OCH3 is 1. The van der Waals surface area contributed by atoms with Crippen LogP contribution in [0.5, 0.6) is 0 Å². The second kappa shape index (κ2) is 34.8. The zero-order valence-corrected chi connectivity index (χ0v) is 52.9. The molecule has 0 spiro atoms. The Hall–Kier alpha value is -9.46. The molecule has 0 radical (unpaired) electrons. The van der Waals surface area contributed by atoms with E-state index in [1.54, 1.807) is 104 Å². The second-order valence-corrected chi connectivity index (χ2v) is 22.4. The highest BCUT2D eigenvalue weighted by molar-refractivity contribution is 5.91. The highest BCUT2D eigenvalue weighted by Crippen LogP contribution is 2.39. The fraction of sp³-hybridized carbons (Fsp3) is 0.324. The van der Waals surface area contributed by atoms with Crippen molar-refractivity contribution in [3.8, 4) is 0 Å². The van der Waals surface area contributed by atoms with Crippen LogP contribution in [0.2, 0.25) is 0 Å². The Kier molecular flexibility index (Phi) is 25.1. The maximum Gasteiger partial charge on any atom is 0.508 e. The van der Waals surface area contributed by atoms with Crippen LogP contribution in [0.15, 0.2) is 225 Å². The highest BCUT2D eigenvalue weighted by Gasteiger charge is 2.59. The Morgan fingerprint density at radius 1 is 0.385 bits per heavy atom. The van der Waals surface area contributed by atoms with Crippen molar-refractivity contribution >= 4 is 36.0 Å². The summed E-state index contributed by atoms with van der Waals surface area (Å²) in [7, 11) is 1.15. The molecule has 0 aliphatic carbocycles.